The maximum absolute atomic E-state index is 14.3. The number of carbonyl (C=O) groups is 1. The summed E-state index contributed by atoms with van der Waals surface area (Å²) in [6.45, 7) is 5.16. The normalized spacial score (nSPS) is 10.9. The molecule has 0 unspecified atom stereocenters. The third-order valence-electron chi connectivity index (χ3n) is 6.39. The zero-order chi connectivity index (χ0) is 24.2. The molecule has 0 aliphatic heterocycles. The number of fused-ring (bicyclic) bond motifs is 1. The Morgan fingerprint density at radius 2 is 1.23 bits per heavy atom. The molecular formula is C32H28N2O. The summed E-state index contributed by atoms with van der Waals surface area (Å²) in [5, 5.41) is 0.886. The minimum absolute atomic E-state index is 0.0159. The van der Waals surface area contributed by atoms with Crippen LogP contribution in [-0.4, -0.2) is 15.8 Å². The average molecular weight is 457 g/mol. The molecule has 5 aromatic rings. The molecule has 35 heavy (non-hydrogen) atoms. The summed E-state index contributed by atoms with van der Waals surface area (Å²) in [5.74, 6) is 0.0159. The standard InChI is InChI=1S/C32H28N2O/c1-23-17-19-27(20-18-23)31-24(2)30(28-15-9-10-16-29(28)33-31)32(35)34(21-25-11-5-3-6-12-25)22-26-13-7-4-8-14-26/h3-20H,21-22H2,1-2H3. The zero-order valence-corrected chi connectivity index (χ0v) is 20.1. The molecule has 1 aromatic heterocycles. The predicted molar refractivity (Wildman–Crippen MR) is 143 cm³/mol. The minimum atomic E-state index is 0.0159. The van der Waals surface area contributed by atoms with Crippen LogP contribution in [0.3, 0.4) is 0 Å². The number of hydrogen-bond acceptors (Lipinski definition) is 2. The molecule has 0 N–H and O–H groups in total. The van der Waals surface area contributed by atoms with Gasteiger partial charge in [-0.15, -0.1) is 0 Å². The monoisotopic (exact) mass is 456 g/mol. The lowest BCUT2D eigenvalue weighted by Gasteiger charge is -2.25. The van der Waals surface area contributed by atoms with Gasteiger partial charge in [0.15, 0.2) is 0 Å². The van der Waals surface area contributed by atoms with Crippen molar-refractivity contribution in [1.29, 1.82) is 0 Å². The van der Waals surface area contributed by atoms with E-state index in [1.54, 1.807) is 0 Å². The van der Waals surface area contributed by atoms with Crippen LogP contribution in [0.25, 0.3) is 22.2 Å². The summed E-state index contributed by atoms with van der Waals surface area (Å²) in [4.78, 5) is 21.2. The molecule has 0 saturated heterocycles. The van der Waals surface area contributed by atoms with E-state index >= 15 is 0 Å². The second-order valence-corrected chi connectivity index (χ2v) is 8.98. The van der Waals surface area contributed by atoms with E-state index in [1.165, 1.54) is 5.56 Å². The van der Waals surface area contributed by atoms with Crippen LogP contribution in [0.2, 0.25) is 0 Å². The largest absolute Gasteiger partial charge is 0.330 e. The lowest BCUT2D eigenvalue weighted by Crippen LogP contribution is -2.31. The molecule has 0 spiro atoms. The van der Waals surface area contributed by atoms with E-state index in [1.807, 2.05) is 72.5 Å². The molecule has 5 rings (SSSR count). The van der Waals surface area contributed by atoms with Gasteiger partial charge in [-0.2, -0.15) is 0 Å². The van der Waals surface area contributed by atoms with E-state index in [4.69, 9.17) is 4.98 Å². The number of pyridine rings is 1. The number of aromatic nitrogens is 1. The maximum atomic E-state index is 14.3. The van der Waals surface area contributed by atoms with Crippen LogP contribution >= 0.6 is 0 Å². The zero-order valence-electron chi connectivity index (χ0n) is 20.1. The number of carbonyl (C=O) groups excluding carboxylic acids is 1. The Hall–Kier alpha value is -4.24. The van der Waals surface area contributed by atoms with Crippen molar-refractivity contribution in [3.8, 4) is 11.3 Å². The van der Waals surface area contributed by atoms with Crippen molar-refractivity contribution in [3.63, 3.8) is 0 Å². The quantitative estimate of drug-likeness (QED) is 0.267. The third kappa shape index (κ3) is 4.85. The summed E-state index contributed by atoms with van der Waals surface area (Å²) < 4.78 is 0. The van der Waals surface area contributed by atoms with E-state index in [0.29, 0.717) is 13.1 Å². The first kappa shape index (κ1) is 22.5. The fraction of sp³-hybridized carbons (Fsp3) is 0.125. The Morgan fingerprint density at radius 1 is 0.686 bits per heavy atom. The van der Waals surface area contributed by atoms with Gasteiger partial charge in [-0.3, -0.25) is 4.79 Å². The molecular weight excluding hydrogens is 428 g/mol. The number of rotatable bonds is 6. The van der Waals surface area contributed by atoms with Crippen LogP contribution in [0.4, 0.5) is 0 Å². The Balaban J connectivity index is 1.64. The predicted octanol–water partition coefficient (Wildman–Crippen LogP) is 7.36. The van der Waals surface area contributed by atoms with Gasteiger partial charge in [0.1, 0.15) is 0 Å². The topological polar surface area (TPSA) is 33.2 Å². The molecule has 4 aromatic carbocycles. The van der Waals surface area contributed by atoms with Crippen LogP contribution in [0.15, 0.2) is 109 Å². The Labute approximate surface area is 206 Å². The van der Waals surface area contributed by atoms with Crippen molar-refractivity contribution in [1.82, 2.24) is 9.88 Å². The van der Waals surface area contributed by atoms with Crippen LogP contribution in [0.1, 0.15) is 32.6 Å². The van der Waals surface area contributed by atoms with Gasteiger partial charge >= 0.3 is 0 Å². The summed E-state index contributed by atoms with van der Waals surface area (Å²) in [5.41, 5.74) is 7.73. The van der Waals surface area contributed by atoms with Crippen molar-refractivity contribution in [3.05, 3.63) is 137 Å². The highest BCUT2D eigenvalue weighted by Gasteiger charge is 2.24. The van der Waals surface area contributed by atoms with Gasteiger partial charge in [0.05, 0.1) is 16.8 Å². The molecule has 0 saturated carbocycles. The Morgan fingerprint density at radius 3 is 1.83 bits per heavy atom. The Kier molecular flexibility index (Phi) is 6.40. The fourth-order valence-electron chi connectivity index (χ4n) is 4.54. The number of hydrogen-bond donors (Lipinski definition) is 0. The molecule has 0 aliphatic rings. The number of amides is 1. The van der Waals surface area contributed by atoms with Gasteiger partial charge in [-0.25, -0.2) is 4.98 Å². The second kappa shape index (κ2) is 9.94. The molecule has 0 atom stereocenters. The average Bonchev–Trinajstić information content (AvgIpc) is 2.89. The van der Waals surface area contributed by atoms with E-state index < -0.39 is 0 Å². The minimum Gasteiger partial charge on any atom is -0.330 e. The van der Waals surface area contributed by atoms with Crippen LogP contribution in [-0.2, 0) is 13.1 Å². The third-order valence-corrected chi connectivity index (χ3v) is 6.39. The van der Waals surface area contributed by atoms with Crippen LogP contribution in [0.5, 0.6) is 0 Å². The fourth-order valence-corrected chi connectivity index (χ4v) is 4.54. The highest BCUT2D eigenvalue weighted by Crippen LogP contribution is 2.31. The summed E-state index contributed by atoms with van der Waals surface area (Å²) in [6, 6.07) is 36.6. The first-order valence-corrected chi connectivity index (χ1v) is 11.9. The number of benzene rings is 4. The molecule has 3 heteroatoms. The molecule has 0 fully saturated rings. The SMILES string of the molecule is Cc1ccc(-c2nc3ccccc3c(C(=O)N(Cc3ccccc3)Cc3ccccc3)c2C)cc1. The number of nitrogens with zero attached hydrogens (tertiary/aromatic N) is 2. The van der Waals surface area contributed by atoms with E-state index in [9.17, 15) is 4.79 Å². The lowest BCUT2D eigenvalue weighted by molar-refractivity contribution is 0.0731. The van der Waals surface area contributed by atoms with Gasteiger partial charge in [0.2, 0.25) is 0 Å². The van der Waals surface area contributed by atoms with Crippen molar-refractivity contribution >= 4 is 16.8 Å². The van der Waals surface area contributed by atoms with E-state index in [0.717, 1.165) is 44.4 Å². The number of para-hydroxylation sites is 1. The lowest BCUT2D eigenvalue weighted by atomic mass is 9.96. The van der Waals surface area contributed by atoms with Crippen molar-refractivity contribution in [2.45, 2.75) is 26.9 Å². The van der Waals surface area contributed by atoms with Crippen LogP contribution < -0.4 is 0 Å². The van der Waals surface area contributed by atoms with Gasteiger partial charge in [-0.1, -0.05) is 109 Å². The molecule has 3 nitrogen and oxygen atoms in total. The first-order chi connectivity index (χ1) is 17.1. The van der Waals surface area contributed by atoms with E-state index in [-0.39, 0.29) is 5.91 Å². The molecule has 0 radical (unpaired) electrons. The van der Waals surface area contributed by atoms with Crippen molar-refractivity contribution < 1.29 is 4.79 Å². The molecule has 1 heterocycles. The molecule has 1 amide bonds. The van der Waals surface area contributed by atoms with Crippen molar-refractivity contribution in [2.24, 2.45) is 0 Å². The maximum Gasteiger partial charge on any atom is 0.255 e. The Bertz CT molecular complexity index is 1420. The summed E-state index contributed by atoms with van der Waals surface area (Å²) >= 11 is 0. The molecule has 0 bridgehead atoms. The van der Waals surface area contributed by atoms with E-state index in [2.05, 4.69) is 55.5 Å². The smallest absolute Gasteiger partial charge is 0.255 e. The summed E-state index contributed by atoms with van der Waals surface area (Å²) in [6.07, 6.45) is 0. The molecule has 0 aliphatic carbocycles. The first-order valence-electron chi connectivity index (χ1n) is 11.9. The van der Waals surface area contributed by atoms with Crippen LogP contribution in [0, 0.1) is 13.8 Å². The highest BCUT2D eigenvalue weighted by molar-refractivity contribution is 6.08. The van der Waals surface area contributed by atoms with Gasteiger partial charge in [0.25, 0.3) is 5.91 Å². The van der Waals surface area contributed by atoms with Crippen molar-refractivity contribution in [2.75, 3.05) is 0 Å². The van der Waals surface area contributed by atoms with Gasteiger partial charge < -0.3 is 4.90 Å². The molecule has 172 valence electrons. The number of aryl methyl sites for hydroxylation is 1. The second-order valence-electron chi connectivity index (χ2n) is 8.98. The summed E-state index contributed by atoms with van der Waals surface area (Å²) in [7, 11) is 0. The van der Waals surface area contributed by atoms with Gasteiger partial charge in [0, 0.05) is 24.0 Å². The highest BCUT2D eigenvalue weighted by atomic mass is 16.2. The van der Waals surface area contributed by atoms with Gasteiger partial charge in [-0.05, 0) is 36.6 Å².